The Morgan fingerprint density at radius 3 is 3.20 bits per heavy atom. The average Bonchev–Trinajstić information content (AvgIpc) is 2.33. The second-order valence-electron chi connectivity index (χ2n) is 2.30. The molecule has 1 aromatic heterocycles. The highest BCUT2D eigenvalue weighted by atomic mass is 15.1. The third-order valence-electron chi connectivity index (χ3n) is 1.67. The van der Waals surface area contributed by atoms with Crippen LogP contribution in [-0.2, 0) is 13.0 Å². The van der Waals surface area contributed by atoms with Gasteiger partial charge in [0.2, 0.25) is 0 Å². The van der Waals surface area contributed by atoms with E-state index in [9.17, 15) is 0 Å². The molecule has 0 spiro atoms. The molecule has 1 aromatic rings. The molecular formula is C6H12N4. The Balaban J connectivity index is 0.000000500. The molecule has 56 valence electrons. The van der Waals surface area contributed by atoms with Gasteiger partial charge in [0.15, 0.2) is 0 Å². The van der Waals surface area contributed by atoms with Gasteiger partial charge in [0.1, 0.15) is 0 Å². The van der Waals surface area contributed by atoms with Crippen molar-refractivity contribution >= 4 is 0 Å². The Morgan fingerprint density at radius 2 is 2.40 bits per heavy atom. The predicted molar refractivity (Wildman–Crippen MR) is 39.0 cm³/mol. The van der Waals surface area contributed by atoms with Gasteiger partial charge in [0.05, 0.1) is 6.20 Å². The van der Waals surface area contributed by atoms with E-state index in [0.717, 1.165) is 19.5 Å². The maximum atomic E-state index is 3.94. The molecule has 5 N–H and O–H groups in total. The standard InChI is InChI=1S/C6H9N3.H3N/c1-2-7-3-5-4-8-9-6(1)5;/h4,7H,1-3H2,(H,8,9);1H3. The van der Waals surface area contributed by atoms with E-state index in [1.165, 1.54) is 11.3 Å². The first-order valence-electron chi connectivity index (χ1n) is 3.18. The summed E-state index contributed by atoms with van der Waals surface area (Å²) in [5.74, 6) is 0. The maximum absolute atomic E-state index is 3.94. The first-order valence-corrected chi connectivity index (χ1v) is 3.18. The van der Waals surface area contributed by atoms with E-state index in [4.69, 9.17) is 0 Å². The molecule has 1 aliphatic heterocycles. The Labute approximate surface area is 59.6 Å². The molecule has 4 heteroatoms. The highest BCUT2D eigenvalue weighted by Crippen LogP contribution is 2.07. The maximum Gasteiger partial charge on any atom is 0.0535 e. The minimum Gasteiger partial charge on any atom is -0.344 e. The van der Waals surface area contributed by atoms with E-state index in [1.807, 2.05) is 6.20 Å². The molecular weight excluding hydrogens is 128 g/mol. The molecule has 0 saturated carbocycles. The molecule has 0 unspecified atom stereocenters. The van der Waals surface area contributed by atoms with Gasteiger partial charge in [-0.25, -0.2) is 0 Å². The number of aromatic nitrogens is 2. The molecule has 0 radical (unpaired) electrons. The van der Waals surface area contributed by atoms with Crippen LogP contribution in [0, 0.1) is 0 Å². The normalized spacial score (nSPS) is 15.6. The molecule has 0 aliphatic carbocycles. The van der Waals surface area contributed by atoms with Gasteiger partial charge in [-0.15, -0.1) is 0 Å². The molecule has 0 amide bonds. The third-order valence-corrected chi connectivity index (χ3v) is 1.67. The lowest BCUT2D eigenvalue weighted by Gasteiger charge is -2.10. The van der Waals surface area contributed by atoms with Crippen LogP contribution in [0.2, 0.25) is 0 Å². The number of hydrogen-bond donors (Lipinski definition) is 3. The van der Waals surface area contributed by atoms with Crippen molar-refractivity contribution in [3.8, 4) is 0 Å². The largest absolute Gasteiger partial charge is 0.344 e. The number of fused-ring (bicyclic) bond motifs is 1. The zero-order valence-corrected chi connectivity index (χ0v) is 5.85. The molecule has 0 aromatic carbocycles. The molecule has 2 rings (SSSR count). The van der Waals surface area contributed by atoms with Crippen molar-refractivity contribution in [1.82, 2.24) is 21.7 Å². The second-order valence-corrected chi connectivity index (χ2v) is 2.30. The van der Waals surface area contributed by atoms with E-state index in [1.54, 1.807) is 0 Å². The summed E-state index contributed by atoms with van der Waals surface area (Å²) in [7, 11) is 0. The highest BCUT2D eigenvalue weighted by molar-refractivity contribution is 5.18. The van der Waals surface area contributed by atoms with Crippen LogP contribution in [-0.4, -0.2) is 16.7 Å². The van der Waals surface area contributed by atoms with Crippen molar-refractivity contribution in [3.05, 3.63) is 17.5 Å². The Morgan fingerprint density at radius 1 is 1.50 bits per heavy atom. The molecule has 0 bridgehead atoms. The van der Waals surface area contributed by atoms with Crippen molar-refractivity contribution in [2.24, 2.45) is 0 Å². The molecule has 10 heavy (non-hydrogen) atoms. The molecule has 1 aliphatic rings. The van der Waals surface area contributed by atoms with Crippen LogP contribution in [0.3, 0.4) is 0 Å². The van der Waals surface area contributed by atoms with Crippen LogP contribution < -0.4 is 11.5 Å². The summed E-state index contributed by atoms with van der Waals surface area (Å²) in [5.41, 5.74) is 2.62. The van der Waals surface area contributed by atoms with Gasteiger partial charge >= 0.3 is 0 Å². The number of hydrogen-bond acceptors (Lipinski definition) is 3. The lowest BCUT2D eigenvalue weighted by atomic mass is 10.1. The average molecular weight is 140 g/mol. The Hall–Kier alpha value is -0.870. The lowest BCUT2D eigenvalue weighted by Crippen LogP contribution is -2.22. The SMILES string of the molecule is N.c1n[nH]c2c1CNCC2. The summed E-state index contributed by atoms with van der Waals surface area (Å²) in [6.45, 7) is 2.06. The zero-order chi connectivity index (χ0) is 6.10. The van der Waals surface area contributed by atoms with Gasteiger partial charge in [-0.3, -0.25) is 5.10 Å². The Kier molecular flexibility index (Phi) is 2.03. The number of nitrogens with one attached hydrogen (secondary N) is 2. The number of aromatic amines is 1. The van der Waals surface area contributed by atoms with Crippen molar-refractivity contribution in [3.63, 3.8) is 0 Å². The fraction of sp³-hybridized carbons (Fsp3) is 0.500. The monoisotopic (exact) mass is 140 g/mol. The lowest BCUT2D eigenvalue weighted by molar-refractivity contribution is 0.637. The van der Waals surface area contributed by atoms with Crippen molar-refractivity contribution in [1.29, 1.82) is 0 Å². The second kappa shape index (κ2) is 2.81. The van der Waals surface area contributed by atoms with Crippen LogP contribution >= 0.6 is 0 Å². The molecule has 2 heterocycles. The third kappa shape index (κ3) is 1.03. The first kappa shape index (κ1) is 7.24. The smallest absolute Gasteiger partial charge is 0.0535 e. The van der Waals surface area contributed by atoms with Crippen LogP contribution in [0.15, 0.2) is 6.20 Å². The molecule has 0 saturated heterocycles. The van der Waals surface area contributed by atoms with Crippen LogP contribution in [0.4, 0.5) is 0 Å². The van der Waals surface area contributed by atoms with E-state index in [2.05, 4.69) is 15.5 Å². The fourth-order valence-electron chi connectivity index (χ4n) is 1.14. The van der Waals surface area contributed by atoms with Crippen molar-refractivity contribution < 1.29 is 0 Å². The van der Waals surface area contributed by atoms with Gasteiger partial charge < -0.3 is 11.5 Å². The molecule has 4 nitrogen and oxygen atoms in total. The minimum atomic E-state index is 0. The number of rotatable bonds is 0. The van der Waals surface area contributed by atoms with E-state index < -0.39 is 0 Å². The Bertz CT molecular complexity index is 185. The summed E-state index contributed by atoms with van der Waals surface area (Å²) in [5, 5.41) is 10.2. The van der Waals surface area contributed by atoms with E-state index >= 15 is 0 Å². The quantitative estimate of drug-likeness (QED) is 0.482. The fourth-order valence-corrected chi connectivity index (χ4v) is 1.14. The van der Waals surface area contributed by atoms with Gasteiger partial charge in [-0.05, 0) is 0 Å². The molecule has 0 fully saturated rings. The van der Waals surface area contributed by atoms with Gasteiger partial charge in [0, 0.05) is 30.8 Å². The zero-order valence-electron chi connectivity index (χ0n) is 5.85. The number of H-pyrrole nitrogens is 1. The van der Waals surface area contributed by atoms with Crippen molar-refractivity contribution in [2.75, 3.05) is 6.54 Å². The van der Waals surface area contributed by atoms with E-state index in [-0.39, 0.29) is 6.15 Å². The number of nitrogens with zero attached hydrogens (tertiary/aromatic N) is 1. The first-order chi connectivity index (χ1) is 4.47. The van der Waals surface area contributed by atoms with Crippen LogP contribution in [0.5, 0.6) is 0 Å². The summed E-state index contributed by atoms with van der Waals surface area (Å²) in [6, 6.07) is 0. The van der Waals surface area contributed by atoms with Gasteiger partial charge in [-0.1, -0.05) is 0 Å². The van der Waals surface area contributed by atoms with Gasteiger partial charge in [0.25, 0.3) is 0 Å². The van der Waals surface area contributed by atoms with E-state index in [0.29, 0.717) is 0 Å². The van der Waals surface area contributed by atoms with Crippen LogP contribution in [0.1, 0.15) is 11.3 Å². The predicted octanol–water partition coefficient (Wildman–Crippen LogP) is 0.217. The summed E-state index contributed by atoms with van der Waals surface area (Å²) >= 11 is 0. The highest BCUT2D eigenvalue weighted by Gasteiger charge is 2.08. The minimum absolute atomic E-state index is 0. The van der Waals surface area contributed by atoms with Crippen LogP contribution in [0.25, 0.3) is 0 Å². The summed E-state index contributed by atoms with van der Waals surface area (Å²) in [6.07, 6.45) is 2.98. The summed E-state index contributed by atoms with van der Waals surface area (Å²) < 4.78 is 0. The topological polar surface area (TPSA) is 75.7 Å². The van der Waals surface area contributed by atoms with Crippen molar-refractivity contribution in [2.45, 2.75) is 13.0 Å². The summed E-state index contributed by atoms with van der Waals surface area (Å²) in [4.78, 5) is 0. The van der Waals surface area contributed by atoms with Gasteiger partial charge in [-0.2, -0.15) is 5.10 Å². The molecule has 0 atom stereocenters.